The fraction of sp³-hybridized carbons (Fsp3) is 0.467. The summed E-state index contributed by atoms with van der Waals surface area (Å²) in [5.74, 6) is 0.485. The highest BCUT2D eigenvalue weighted by molar-refractivity contribution is 5.76. The summed E-state index contributed by atoms with van der Waals surface area (Å²) in [5, 5.41) is 17.9. The topological polar surface area (TPSA) is 75.5 Å². The van der Waals surface area contributed by atoms with Crippen LogP contribution in [0.3, 0.4) is 0 Å². The van der Waals surface area contributed by atoms with Crippen LogP contribution >= 0.6 is 0 Å². The summed E-state index contributed by atoms with van der Waals surface area (Å²) in [6.45, 7) is 4.32. The van der Waals surface area contributed by atoms with Crippen molar-refractivity contribution in [3.63, 3.8) is 0 Å². The van der Waals surface area contributed by atoms with Crippen molar-refractivity contribution in [3.8, 4) is 5.88 Å². The number of aromatic nitrogens is 2. The number of ether oxygens (including phenoxy) is 1. The molecule has 0 amide bonds. The van der Waals surface area contributed by atoms with Crippen LogP contribution in [0.15, 0.2) is 18.3 Å². The molecule has 0 bridgehead atoms. The Morgan fingerprint density at radius 3 is 2.60 bits per heavy atom. The standard InChI is InChI=1S/C15H20N2O3/c1-10-6-13-14(7-11(10)2)17-15(8-16-13)20-5-3-4-12(19)9-18/h6-8,12,18-19H,3-5,9H2,1-2H3. The lowest BCUT2D eigenvalue weighted by Crippen LogP contribution is -2.13. The van der Waals surface area contributed by atoms with E-state index in [1.807, 2.05) is 26.0 Å². The second kappa shape index (κ2) is 6.63. The van der Waals surface area contributed by atoms with Crippen LogP contribution in [-0.2, 0) is 0 Å². The molecular formula is C15H20N2O3. The molecule has 1 atom stereocenters. The molecule has 20 heavy (non-hydrogen) atoms. The Morgan fingerprint density at radius 1 is 1.20 bits per heavy atom. The molecule has 0 aliphatic rings. The summed E-state index contributed by atoms with van der Waals surface area (Å²) >= 11 is 0. The molecule has 2 aromatic rings. The summed E-state index contributed by atoms with van der Waals surface area (Å²) < 4.78 is 5.51. The molecule has 2 rings (SSSR count). The molecule has 1 aromatic carbocycles. The monoisotopic (exact) mass is 276 g/mol. The predicted octanol–water partition coefficient (Wildman–Crippen LogP) is 1.76. The van der Waals surface area contributed by atoms with Crippen LogP contribution in [0.2, 0.25) is 0 Å². The van der Waals surface area contributed by atoms with Gasteiger partial charge in [-0.3, -0.25) is 0 Å². The van der Waals surface area contributed by atoms with Crippen LogP contribution < -0.4 is 4.74 Å². The summed E-state index contributed by atoms with van der Waals surface area (Å²) in [6.07, 6.45) is 2.11. The molecule has 5 heteroatoms. The number of benzene rings is 1. The third-order valence-electron chi connectivity index (χ3n) is 3.28. The highest BCUT2D eigenvalue weighted by Crippen LogP contribution is 2.18. The molecule has 1 aromatic heterocycles. The molecule has 108 valence electrons. The molecule has 0 saturated carbocycles. The quantitative estimate of drug-likeness (QED) is 0.786. The van der Waals surface area contributed by atoms with Crippen molar-refractivity contribution in [1.29, 1.82) is 0 Å². The van der Waals surface area contributed by atoms with Gasteiger partial charge in [-0.25, -0.2) is 9.97 Å². The van der Waals surface area contributed by atoms with Gasteiger partial charge in [0, 0.05) is 0 Å². The van der Waals surface area contributed by atoms with Gasteiger partial charge in [0.05, 0.1) is 36.5 Å². The van der Waals surface area contributed by atoms with Crippen molar-refractivity contribution in [1.82, 2.24) is 9.97 Å². The van der Waals surface area contributed by atoms with Gasteiger partial charge in [0.2, 0.25) is 5.88 Å². The van der Waals surface area contributed by atoms with E-state index in [0.717, 1.165) is 11.0 Å². The van der Waals surface area contributed by atoms with Gasteiger partial charge in [-0.2, -0.15) is 0 Å². The average molecular weight is 276 g/mol. The zero-order chi connectivity index (χ0) is 14.5. The smallest absolute Gasteiger partial charge is 0.232 e. The summed E-state index contributed by atoms with van der Waals surface area (Å²) in [7, 11) is 0. The molecule has 0 saturated heterocycles. The zero-order valence-electron chi connectivity index (χ0n) is 11.8. The van der Waals surface area contributed by atoms with Gasteiger partial charge in [0.1, 0.15) is 0 Å². The first-order chi connectivity index (χ1) is 9.60. The second-order valence-electron chi connectivity index (χ2n) is 4.96. The highest BCUT2D eigenvalue weighted by Gasteiger charge is 2.05. The molecule has 1 heterocycles. The van der Waals surface area contributed by atoms with Crippen LogP contribution in [0.4, 0.5) is 0 Å². The van der Waals surface area contributed by atoms with E-state index in [-0.39, 0.29) is 6.61 Å². The van der Waals surface area contributed by atoms with E-state index in [2.05, 4.69) is 9.97 Å². The number of fused-ring (bicyclic) bond motifs is 1. The maximum Gasteiger partial charge on any atom is 0.232 e. The van der Waals surface area contributed by atoms with Gasteiger partial charge in [0.25, 0.3) is 0 Å². The molecular weight excluding hydrogens is 256 g/mol. The number of hydrogen-bond donors (Lipinski definition) is 2. The molecule has 0 radical (unpaired) electrons. The number of aliphatic hydroxyl groups excluding tert-OH is 2. The van der Waals surface area contributed by atoms with Gasteiger partial charge in [-0.15, -0.1) is 0 Å². The van der Waals surface area contributed by atoms with Crippen LogP contribution in [0.5, 0.6) is 5.88 Å². The SMILES string of the molecule is Cc1cc2ncc(OCCCC(O)CO)nc2cc1C. The minimum absolute atomic E-state index is 0.214. The van der Waals surface area contributed by atoms with Crippen molar-refractivity contribution in [3.05, 3.63) is 29.5 Å². The van der Waals surface area contributed by atoms with E-state index < -0.39 is 6.10 Å². The van der Waals surface area contributed by atoms with Crippen molar-refractivity contribution in [2.75, 3.05) is 13.2 Å². The number of nitrogens with zero attached hydrogens (tertiary/aromatic N) is 2. The maximum absolute atomic E-state index is 9.22. The molecule has 0 aliphatic carbocycles. The molecule has 1 unspecified atom stereocenters. The van der Waals surface area contributed by atoms with Crippen LogP contribution in [0.25, 0.3) is 11.0 Å². The van der Waals surface area contributed by atoms with Crippen LogP contribution in [-0.4, -0.2) is 39.5 Å². The molecule has 0 fully saturated rings. The Hall–Kier alpha value is -1.72. The normalized spacial score (nSPS) is 12.6. The number of rotatable bonds is 6. The van der Waals surface area contributed by atoms with Crippen LogP contribution in [0, 0.1) is 13.8 Å². The minimum atomic E-state index is -0.674. The van der Waals surface area contributed by atoms with Gasteiger partial charge >= 0.3 is 0 Å². The lowest BCUT2D eigenvalue weighted by Gasteiger charge is -2.09. The Balaban J connectivity index is 1.99. The van der Waals surface area contributed by atoms with Crippen LogP contribution in [0.1, 0.15) is 24.0 Å². The lowest BCUT2D eigenvalue weighted by molar-refractivity contribution is 0.0826. The number of aliphatic hydroxyl groups is 2. The van der Waals surface area contributed by atoms with Crippen molar-refractivity contribution < 1.29 is 14.9 Å². The fourth-order valence-electron chi connectivity index (χ4n) is 1.91. The molecule has 0 aliphatic heterocycles. The van der Waals surface area contributed by atoms with Gasteiger partial charge < -0.3 is 14.9 Å². The van der Waals surface area contributed by atoms with Crippen molar-refractivity contribution in [2.24, 2.45) is 0 Å². The fourth-order valence-corrected chi connectivity index (χ4v) is 1.91. The van der Waals surface area contributed by atoms with E-state index in [4.69, 9.17) is 9.84 Å². The molecule has 0 spiro atoms. The Bertz CT molecular complexity index is 587. The zero-order valence-corrected chi connectivity index (χ0v) is 11.8. The Labute approximate surface area is 118 Å². The van der Waals surface area contributed by atoms with Gasteiger partial charge in [0.15, 0.2) is 0 Å². The van der Waals surface area contributed by atoms with E-state index in [0.29, 0.717) is 25.3 Å². The highest BCUT2D eigenvalue weighted by atomic mass is 16.5. The lowest BCUT2D eigenvalue weighted by atomic mass is 10.1. The largest absolute Gasteiger partial charge is 0.477 e. The molecule has 5 nitrogen and oxygen atoms in total. The predicted molar refractivity (Wildman–Crippen MR) is 76.8 cm³/mol. The molecule has 2 N–H and O–H groups in total. The minimum Gasteiger partial charge on any atom is -0.477 e. The van der Waals surface area contributed by atoms with Gasteiger partial charge in [-0.05, 0) is 49.9 Å². The second-order valence-corrected chi connectivity index (χ2v) is 4.96. The summed E-state index contributed by atoms with van der Waals surface area (Å²) in [6, 6.07) is 4.01. The third-order valence-corrected chi connectivity index (χ3v) is 3.28. The third kappa shape index (κ3) is 3.65. The van der Waals surface area contributed by atoms with E-state index in [1.54, 1.807) is 6.20 Å². The average Bonchev–Trinajstić information content (AvgIpc) is 2.44. The number of hydrogen-bond acceptors (Lipinski definition) is 5. The van der Waals surface area contributed by atoms with Gasteiger partial charge in [-0.1, -0.05) is 0 Å². The van der Waals surface area contributed by atoms with Crippen molar-refractivity contribution in [2.45, 2.75) is 32.8 Å². The first kappa shape index (κ1) is 14.7. The van der Waals surface area contributed by atoms with E-state index in [1.165, 1.54) is 11.1 Å². The Kier molecular flexibility index (Phi) is 4.87. The van der Waals surface area contributed by atoms with E-state index >= 15 is 0 Å². The maximum atomic E-state index is 9.22. The first-order valence-corrected chi connectivity index (χ1v) is 6.76. The first-order valence-electron chi connectivity index (χ1n) is 6.76. The number of aryl methyl sites for hydroxylation is 2. The summed E-state index contributed by atoms with van der Waals surface area (Å²) in [4.78, 5) is 8.75. The Morgan fingerprint density at radius 2 is 1.90 bits per heavy atom. The summed E-state index contributed by atoms with van der Waals surface area (Å²) in [5.41, 5.74) is 4.05. The van der Waals surface area contributed by atoms with E-state index in [9.17, 15) is 5.11 Å². The van der Waals surface area contributed by atoms with Crippen molar-refractivity contribution >= 4 is 11.0 Å².